The van der Waals surface area contributed by atoms with Crippen molar-refractivity contribution >= 4 is 29.1 Å². The number of hydrogen-bond acceptors (Lipinski definition) is 4. The van der Waals surface area contributed by atoms with Gasteiger partial charge in [0.1, 0.15) is 12.2 Å². The number of anilines is 1. The summed E-state index contributed by atoms with van der Waals surface area (Å²) in [6.07, 6.45) is -2.62. The number of halogens is 5. The molecule has 6 nitrogen and oxygen atoms in total. The van der Waals surface area contributed by atoms with E-state index in [1.165, 1.54) is 11.0 Å². The average Bonchev–Trinajstić information content (AvgIpc) is 3.20. The van der Waals surface area contributed by atoms with Gasteiger partial charge in [-0.3, -0.25) is 9.59 Å². The quantitative estimate of drug-likeness (QED) is 0.585. The van der Waals surface area contributed by atoms with Crippen molar-refractivity contribution in [1.29, 1.82) is 5.26 Å². The first-order chi connectivity index (χ1) is 16.0. The number of amides is 2. The Hall–Kier alpha value is -2.38. The molecule has 2 N–H and O–H groups in total. The van der Waals surface area contributed by atoms with Gasteiger partial charge in [-0.1, -0.05) is 11.6 Å². The number of likely N-dealkylation sites (tertiary alicyclic amines) is 1. The van der Waals surface area contributed by atoms with Gasteiger partial charge in [-0.2, -0.15) is 18.4 Å². The highest BCUT2D eigenvalue weighted by Crippen LogP contribution is 2.53. The summed E-state index contributed by atoms with van der Waals surface area (Å²) in [6, 6.07) is 4.47. The lowest BCUT2D eigenvalue weighted by Crippen LogP contribution is -2.59. The van der Waals surface area contributed by atoms with Gasteiger partial charge in [-0.05, 0) is 56.7 Å². The van der Waals surface area contributed by atoms with E-state index in [4.69, 9.17) is 16.9 Å². The van der Waals surface area contributed by atoms with E-state index in [2.05, 4.69) is 10.6 Å². The van der Waals surface area contributed by atoms with E-state index in [0.717, 1.165) is 12.1 Å². The molecule has 0 radical (unpaired) electrons. The van der Waals surface area contributed by atoms with Crippen LogP contribution in [0, 0.1) is 16.7 Å². The second kappa shape index (κ2) is 9.00. The maximum absolute atomic E-state index is 13.6. The number of alkyl halides is 4. The molecule has 1 aromatic rings. The Morgan fingerprint density at radius 3 is 2.41 bits per heavy atom. The zero-order chi connectivity index (χ0) is 24.7. The number of carbonyl (C=O) groups excluding carboxylic acids is 2. The van der Waals surface area contributed by atoms with Crippen LogP contribution in [0.25, 0.3) is 0 Å². The van der Waals surface area contributed by atoms with Crippen molar-refractivity contribution in [3.05, 3.63) is 28.8 Å². The van der Waals surface area contributed by atoms with Crippen LogP contribution in [-0.4, -0.2) is 47.6 Å². The summed E-state index contributed by atoms with van der Waals surface area (Å²) in [6.45, 7) is -0.108. The normalized spacial score (nSPS) is 30.8. The molecule has 1 unspecified atom stereocenters. The number of fused-ring (bicyclic) bond motifs is 3. The van der Waals surface area contributed by atoms with Crippen molar-refractivity contribution < 1.29 is 27.2 Å². The lowest BCUT2D eigenvalue weighted by Gasteiger charge is -2.53. The zero-order valence-corrected chi connectivity index (χ0v) is 19.1. The monoisotopic (exact) mass is 500 g/mol. The third kappa shape index (κ3) is 4.73. The van der Waals surface area contributed by atoms with Crippen LogP contribution >= 0.6 is 11.6 Å². The number of carbonyl (C=O) groups is 2. The average molecular weight is 501 g/mol. The lowest BCUT2D eigenvalue weighted by atomic mass is 9.57. The van der Waals surface area contributed by atoms with Crippen LogP contribution in [-0.2, 0) is 15.8 Å². The van der Waals surface area contributed by atoms with E-state index in [1.54, 1.807) is 0 Å². The minimum atomic E-state index is -4.65. The molecule has 1 aromatic carbocycles. The highest BCUT2D eigenvalue weighted by Gasteiger charge is 2.52. The zero-order valence-electron chi connectivity index (χ0n) is 18.4. The molecule has 2 atom stereocenters. The Kier molecular flexibility index (Phi) is 6.55. The molecule has 2 bridgehead atoms. The number of nitriles is 1. The molecule has 34 heavy (non-hydrogen) atoms. The Morgan fingerprint density at radius 2 is 1.82 bits per heavy atom. The highest BCUT2D eigenvalue weighted by molar-refractivity contribution is 6.30. The predicted molar refractivity (Wildman–Crippen MR) is 117 cm³/mol. The first kappa shape index (κ1) is 24.7. The molecule has 4 aliphatic rings. The fourth-order valence-electron chi connectivity index (χ4n) is 5.45. The molecular weight excluding hydrogens is 476 g/mol. The smallest absolute Gasteiger partial charge is 0.325 e. The number of hydrogen-bond donors (Lipinski definition) is 2. The van der Waals surface area contributed by atoms with E-state index in [9.17, 15) is 27.2 Å². The predicted octanol–water partition coefficient (Wildman–Crippen LogP) is 4.44. The fraction of sp³-hybridized carbons (Fsp3) is 0.609. The summed E-state index contributed by atoms with van der Waals surface area (Å²) in [5, 5.41) is 14.8. The maximum atomic E-state index is 13.6. The van der Waals surface area contributed by atoms with E-state index in [1.807, 2.05) is 6.07 Å². The second-order valence-electron chi connectivity index (χ2n) is 9.58. The molecule has 1 aliphatic heterocycles. The van der Waals surface area contributed by atoms with Gasteiger partial charge >= 0.3 is 6.18 Å². The Morgan fingerprint density at radius 1 is 1.18 bits per heavy atom. The van der Waals surface area contributed by atoms with Crippen molar-refractivity contribution in [1.82, 2.24) is 10.2 Å². The molecule has 0 aromatic heterocycles. The number of nitrogens with one attached hydrogen (secondary N) is 2. The minimum Gasteiger partial charge on any atom is -0.325 e. The van der Waals surface area contributed by atoms with E-state index >= 15 is 0 Å². The van der Waals surface area contributed by atoms with Crippen LogP contribution in [0.15, 0.2) is 18.2 Å². The van der Waals surface area contributed by atoms with E-state index in [0.29, 0.717) is 38.5 Å². The van der Waals surface area contributed by atoms with Gasteiger partial charge in [0, 0.05) is 22.4 Å². The molecule has 1 saturated heterocycles. The Balaban J connectivity index is 1.37. The largest absolute Gasteiger partial charge is 0.418 e. The molecule has 0 spiro atoms. The third-order valence-corrected chi connectivity index (χ3v) is 7.83. The molecule has 184 valence electrons. The summed E-state index contributed by atoms with van der Waals surface area (Å²) >= 11 is 5.72. The Bertz CT molecular complexity index is 1000. The molecule has 1 heterocycles. The summed E-state index contributed by atoms with van der Waals surface area (Å²) in [4.78, 5) is 26.9. The third-order valence-electron chi connectivity index (χ3n) is 7.60. The van der Waals surface area contributed by atoms with Crippen molar-refractivity contribution in [3.63, 3.8) is 0 Å². The SMILES string of the molecule is N#CC1C[C@H](F)CN1C(=O)CNC12CCC(C(=O)Nc3ccc(Cl)cc3C(F)(F)F)(CC1)CC2. The van der Waals surface area contributed by atoms with Gasteiger partial charge in [0.2, 0.25) is 11.8 Å². The van der Waals surface area contributed by atoms with Crippen molar-refractivity contribution in [2.24, 2.45) is 5.41 Å². The van der Waals surface area contributed by atoms with Gasteiger partial charge in [-0.15, -0.1) is 0 Å². The van der Waals surface area contributed by atoms with Gasteiger partial charge in [0.05, 0.1) is 30.4 Å². The number of rotatable bonds is 5. The van der Waals surface area contributed by atoms with Crippen LogP contribution in [0.1, 0.15) is 50.5 Å². The van der Waals surface area contributed by atoms with Gasteiger partial charge in [-0.25, -0.2) is 4.39 Å². The fourth-order valence-corrected chi connectivity index (χ4v) is 5.63. The molecule has 2 amide bonds. The minimum absolute atomic E-state index is 0.0225. The molecule has 4 fully saturated rings. The van der Waals surface area contributed by atoms with Crippen molar-refractivity contribution in [2.45, 2.75) is 68.9 Å². The van der Waals surface area contributed by atoms with E-state index < -0.39 is 35.3 Å². The summed E-state index contributed by atoms with van der Waals surface area (Å²) in [5.41, 5.74) is -2.42. The topological polar surface area (TPSA) is 85.2 Å². The van der Waals surface area contributed by atoms with Gasteiger partial charge < -0.3 is 15.5 Å². The summed E-state index contributed by atoms with van der Waals surface area (Å²) < 4.78 is 53.8. The highest BCUT2D eigenvalue weighted by atomic mass is 35.5. The summed E-state index contributed by atoms with van der Waals surface area (Å²) in [7, 11) is 0. The first-order valence-corrected chi connectivity index (χ1v) is 11.6. The second-order valence-corrected chi connectivity index (χ2v) is 10.0. The number of nitrogens with zero attached hydrogens (tertiary/aromatic N) is 2. The Labute approximate surface area is 199 Å². The molecule has 11 heteroatoms. The van der Waals surface area contributed by atoms with Crippen LogP contribution < -0.4 is 10.6 Å². The first-order valence-electron chi connectivity index (χ1n) is 11.2. The molecule has 5 rings (SSSR count). The molecule has 3 aliphatic carbocycles. The van der Waals surface area contributed by atoms with Crippen LogP contribution in [0.5, 0.6) is 0 Å². The molecule has 3 saturated carbocycles. The van der Waals surface area contributed by atoms with Crippen molar-refractivity contribution in [3.8, 4) is 6.07 Å². The van der Waals surface area contributed by atoms with Gasteiger partial charge in [0.25, 0.3) is 0 Å². The maximum Gasteiger partial charge on any atom is 0.418 e. The van der Waals surface area contributed by atoms with Crippen LogP contribution in [0.4, 0.5) is 23.2 Å². The standard InChI is InChI=1S/C23H25ClF4N4O2/c24-14-1-2-18(17(9-14)23(26,27)28)31-20(34)21-3-6-22(7-4-21,8-5-21)30-12-19(33)32-13-15(25)10-16(32)11-29/h1-2,9,15-16,30H,3-8,10,12-13H2,(H,31,34)/t15-,16?,21?,22?/m0/s1. The van der Waals surface area contributed by atoms with Crippen LogP contribution in [0.3, 0.4) is 0 Å². The molecular formula is C23H25ClF4N4O2. The van der Waals surface area contributed by atoms with Crippen molar-refractivity contribution in [2.75, 3.05) is 18.4 Å². The lowest BCUT2D eigenvalue weighted by molar-refractivity contribution is -0.137. The summed E-state index contributed by atoms with van der Waals surface area (Å²) in [5.74, 6) is -0.767. The van der Waals surface area contributed by atoms with E-state index in [-0.39, 0.29) is 41.7 Å². The van der Waals surface area contributed by atoms with Gasteiger partial charge in [0.15, 0.2) is 0 Å². The number of benzene rings is 1. The van der Waals surface area contributed by atoms with Crippen LogP contribution in [0.2, 0.25) is 5.02 Å².